The number of rotatable bonds is 4. The van der Waals surface area contributed by atoms with Crippen LogP contribution in [0, 0.1) is 24.1 Å². The summed E-state index contributed by atoms with van der Waals surface area (Å²) in [6.07, 6.45) is 0. The fourth-order valence-electron chi connectivity index (χ4n) is 2.88. The van der Waals surface area contributed by atoms with Gasteiger partial charge in [-0.15, -0.1) is 0 Å². The molecule has 0 radical (unpaired) electrons. The number of hydrogen-bond acceptors (Lipinski definition) is 6. The molecule has 0 saturated carbocycles. The Morgan fingerprint density at radius 1 is 1.38 bits per heavy atom. The predicted octanol–water partition coefficient (Wildman–Crippen LogP) is 2.55. The smallest absolute Gasteiger partial charge is 0.240 e. The van der Waals surface area contributed by atoms with Gasteiger partial charge in [0.05, 0.1) is 12.6 Å². The molecule has 0 aliphatic carbocycles. The molecule has 1 aromatic carbocycles. The third-order valence-electron chi connectivity index (χ3n) is 4.10. The fourth-order valence-corrected chi connectivity index (χ4v) is 3.14. The third-order valence-corrected chi connectivity index (χ3v) is 4.43. The van der Waals surface area contributed by atoms with E-state index in [9.17, 15) is 9.65 Å². The van der Waals surface area contributed by atoms with E-state index in [0.717, 1.165) is 13.1 Å². The Bertz CT molecular complexity index is 731. The average Bonchev–Trinajstić information content (AvgIpc) is 2.97. The minimum atomic E-state index is -0.688. The van der Waals surface area contributed by atoms with Crippen LogP contribution in [0.5, 0.6) is 0 Å². The SMILES string of the molecule is Cc1noc(CN2CCN(C(C#N)c3c(F)cccc3Cl)CC2)n1. The summed E-state index contributed by atoms with van der Waals surface area (Å²) in [6, 6.07) is 5.98. The Hall–Kier alpha value is -2.01. The second-order valence-corrected chi connectivity index (χ2v) is 6.12. The largest absolute Gasteiger partial charge is 0.338 e. The number of nitrogens with zero attached hydrogens (tertiary/aromatic N) is 5. The van der Waals surface area contributed by atoms with Crippen molar-refractivity contribution in [2.24, 2.45) is 0 Å². The van der Waals surface area contributed by atoms with Crippen molar-refractivity contribution in [3.05, 3.63) is 46.3 Å². The Morgan fingerprint density at radius 3 is 2.71 bits per heavy atom. The number of aromatic nitrogens is 2. The lowest BCUT2D eigenvalue weighted by molar-refractivity contribution is 0.0998. The van der Waals surface area contributed by atoms with Gasteiger partial charge in [-0.2, -0.15) is 10.2 Å². The highest BCUT2D eigenvalue weighted by Crippen LogP contribution is 2.30. The van der Waals surface area contributed by atoms with Gasteiger partial charge in [-0.3, -0.25) is 9.80 Å². The van der Waals surface area contributed by atoms with E-state index in [4.69, 9.17) is 16.1 Å². The first-order valence-electron chi connectivity index (χ1n) is 7.67. The zero-order valence-corrected chi connectivity index (χ0v) is 14.0. The molecule has 1 atom stereocenters. The van der Waals surface area contributed by atoms with Crippen molar-refractivity contribution < 1.29 is 8.91 Å². The van der Waals surface area contributed by atoms with E-state index < -0.39 is 11.9 Å². The Labute approximate surface area is 144 Å². The van der Waals surface area contributed by atoms with Gasteiger partial charge in [0.2, 0.25) is 5.89 Å². The molecule has 2 heterocycles. The van der Waals surface area contributed by atoms with Gasteiger partial charge in [0, 0.05) is 36.8 Å². The molecule has 1 aliphatic rings. The lowest BCUT2D eigenvalue weighted by atomic mass is 10.0. The van der Waals surface area contributed by atoms with Crippen molar-refractivity contribution in [3.8, 4) is 6.07 Å². The highest BCUT2D eigenvalue weighted by atomic mass is 35.5. The lowest BCUT2D eigenvalue weighted by Gasteiger charge is -2.36. The molecule has 24 heavy (non-hydrogen) atoms. The van der Waals surface area contributed by atoms with Crippen molar-refractivity contribution in [1.29, 1.82) is 5.26 Å². The van der Waals surface area contributed by atoms with Crippen molar-refractivity contribution >= 4 is 11.6 Å². The number of benzene rings is 1. The van der Waals surface area contributed by atoms with Crippen LogP contribution in [0.3, 0.4) is 0 Å². The minimum absolute atomic E-state index is 0.252. The van der Waals surface area contributed by atoms with Crippen LogP contribution in [0.1, 0.15) is 23.3 Å². The van der Waals surface area contributed by atoms with Crippen molar-refractivity contribution in [2.45, 2.75) is 19.5 Å². The van der Waals surface area contributed by atoms with E-state index in [2.05, 4.69) is 21.1 Å². The standard InChI is InChI=1S/C16H17ClFN5O/c1-11-20-15(24-21-11)10-22-5-7-23(8-6-22)14(9-19)16-12(17)3-2-4-13(16)18/h2-4,14H,5-8,10H2,1H3. The number of nitriles is 1. The monoisotopic (exact) mass is 349 g/mol. The summed E-state index contributed by atoms with van der Waals surface area (Å²) in [5, 5.41) is 13.6. The zero-order chi connectivity index (χ0) is 17.1. The summed E-state index contributed by atoms with van der Waals surface area (Å²) in [4.78, 5) is 8.31. The fraction of sp³-hybridized carbons (Fsp3) is 0.438. The van der Waals surface area contributed by atoms with Crippen LogP contribution in [0.4, 0.5) is 4.39 Å². The third kappa shape index (κ3) is 3.56. The first-order chi connectivity index (χ1) is 11.6. The van der Waals surface area contributed by atoms with Gasteiger partial charge in [-0.1, -0.05) is 22.8 Å². The first-order valence-corrected chi connectivity index (χ1v) is 8.05. The molecule has 2 aromatic rings. The van der Waals surface area contributed by atoms with E-state index in [1.54, 1.807) is 19.1 Å². The normalized spacial score (nSPS) is 17.6. The second kappa shape index (κ2) is 7.26. The summed E-state index contributed by atoms with van der Waals surface area (Å²) in [5.74, 6) is 0.745. The van der Waals surface area contributed by atoms with Crippen LogP contribution < -0.4 is 0 Å². The summed E-state index contributed by atoms with van der Waals surface area (Å²) in [6.45, 7) is 5.08. The highest BCUT2D eigenvalue weighted by molar-refractivity contribution is 6.31. The summed E-state index contributed by atoms with van der Waals surface area (Å²) in [5.41, 5.74) is 0.252. The second-order valence-electron chi connectivity index (χ2n) is 5.71. The van der Waals surface area contributed by atoms with E-state index in [0.29, 0.717) is 31.3 Å². The molecular weight excluding hydrogens is 333 g/mol. The maximum atomic E-state index is 14.1. The first kappa shape index (κ1) is 16.8. The van der Waals surface area contributed by atoms with Crippen LogP contribution in [0.25, 0.3) is 0 Å². The van der Waals surface area contributed by atoms with Crippen molar-refractivity contribution in [1.82, 2.24) is 19.9 Å². The van der Waals surface area contributed by atoms with Crippen LogP contribution in [0.2, 0.25) is 5.02 Å². The summed E-state index contributed by atoms with van der Waals surface area (Å²) in [7, 11) is 0. The molecular formula is C16H17ClFN5O. The van der Waals surface area contributed by atoms with Gasteiger partial charge < -0.3 is 4.52 Å². The number of hydrogen-bond donors (Lipinski definition) is 0. The maximum absolute atomic E-state index is 14.1. The molecule has 3 rings (SSSR count). The van der Waals surface area contributed by atoms with E-state index >= 15 is 0 Å². The molecule has 1 unspecified atom stereocenters. The number of aryl methyl sites for hydroxylation is 1. The van der Waals surface area contributed by atoms with Gasteiger partial charge in [-0.25, -0.2) is 4.39 Å². The Morgan fingerprint density at radius 2 is 2.12 bits per heavy atom. The van der Waals surface area contributed by atoms with Gasteiger partial charge >= 0.3 is 0 Å². The molecule has 0 bridgehead atoms. The summed E-state index contributed by atoms with van der Waals surface area (Å²) < 4.78 is 19.2. The minimum Gasteiger partial charge on any atom is -0.338 e. The van der Waals surface area contributed by atoms with E-state index in [1.165, 1.54) is 6.07 Å². The Balaban J connectivity index is 1.66. The molecule has 6 nitrogen and oxygen atoms in total. The topological polar surface area (TPSA) is 69.2 Å². The van der Waals surface area contributed by atoms with Crippen LogP contribution in [-0.2, 0) is 6.54 Å². The van der Waals surface area contributed by atoms with E-state index in [1.807, 2.05) is 4.90 Å². The maximum Gasteiger partial charge on any atom is 0.240 e. The van der Waals surface area contributed by atoms with E-state index in [-0.39, 0.29) is 10.6 Å². The average molecular weight is 350 g/mol. The lowest BCUT2D eigenvalue weighted by Crippen LogP contribution is -2.47. The molecule has 1 aliphatic heterocycles. The van der Waals surface area contributed by atoms with Gasteiger partial charge in [0.1, 0.15) is 11.9 Å². The van der Waals surface area contributed by atoms with Crippen molar-refractivity contribution in [2.75, 3.05) is 26.2 Å². The van der Waals surface area contributed by atoms with Crippen LogP contribution in [-0.4, -0.2) is 46.1 Å². The molecule has 1 aromatic heterocycles. The van der Waals surface area contributed by atoms with Gasteiger partial charge in [0.25, 0.3) is 0 Å². The molecule has 1 saturated heterocycles. The van der Waals surface area contributed by atoms with Crippen molar-refractivity contribution in [3.63, 3.8) is 0 Å². The van der Waals surface area contributed by atoms with Gasteiger partial charge in [-0.05, 0) is 19.1 Å². The van der Waals surface area contributed by atoms with Gasteiger partial charge in [0.15, 0.2) is 5.82 Å². The zero-order valence-electron chi connectivity index (χ0n) is 13.2. The molecule has 0 amide bonds. The summed E-state index contributed by atoms with van der Waals surface area (Å²) >= 11 is 6.10. The predicted molar refractivity (Wildman–Crippen MR) is 85.6 cm³/mol. The molecule has 0 N–H and O–H groups in total. The number of piperazine rings is 1. The highest BCUT2D eigenvalue weighted by Gasteiger charge is 2.29. The quantitative estimate of drug-likeness (QED) is 0.845. The molecule has 1 fully saturated rings. The van der Waals surface area contributed by atoms with Crippen LogP contribution in [0.15, 0.2) is 22.7 Å². The molecule has 126 valence electrons. The number of halogens is 2. The van der Waals surface area contributed by atoms with Crippen LogP contribution >= 0.6 is 11.6 Å². The molecule has 8 heteroatoms. The Kier molecular flexibility index (Phi) is 5.09. The molecule has 0 spiro atoms.